The van der Waals surface area contributed by atoms with Crippen LogP contribution in [0.5, 0.6) is 0 Å². The number of nitrogens with zero attached hydrogens (tertiary/aromatic N) is 2. The Morgan fingerprint density at radius 3 is 2.15 bits per heavy atom. The van der Waals surface area contributed by atoms with Gasteiger partial charge in [0, 0.05) is 43.2 Å². The van der Waals surface area contributed by atoms with Gasteiger partial charge in [-0.1, -0.05) is 35.0 Å². The summed E-state index contributed by atoms with van der Waals surface area (Å²) in [6.45, 7) is 9.40. The summed E-state index contributed by atoms with van der Waals surface area (Å²) in [5, 5.41) is 0. The van der Waals surface area contributed by atoms with E-state index in [0.29, 0.717) is 0 Å². The molecule has 1 saturated heterocycles. The van der Waals surface area contributed by atoms with Crippen LogP contribution in [0.25, 0.3) is 0 Å². The molecule has 3 nitrogen and oxygen atoms in total. The minimum atomic E-state index is 0.150. The Kier molecular flexibility index (Phi) is 6.49. The molecule has 20 heavy (non-hydrogen) atoms. The van der Waals surface area contributed by atoms with Crippen molar-refractivity contribution < 1.29 is 0 Å². The molecule has 4 heteroatoms. The molecule has 0 bridgehead atoms. The topological polar surface area (TPSA) is 32.5 Å². The van der Waals surface area contributed by atoms with Crippen LogP contribution in [0.4, 0.5) is 0 Å². The summed E-state index contributed by atoms with van der Waals surface area (Å²) in [5.74, 6) is 0. The fourth-order valence-electron chi connectivity index (χ4n) is 2.75. The van der Waals surface area contributed by atoms with Crippen molar-refractivity contribution in [1.29, 1.82) is 0 Å². The highest BCUT2D eigenvalue weighted by Crippen LogP contribution is 2.18. The second-order valence-electron chi connectivity index (χ2n) is 5.63. The van der Waals surface area contributed by atoms with E-state index in [-0.39, 0.29) is 6.04 Å². The maximum Gasteiger partial charge on any atom is 0.0307 e. The van der Waals surface area contributed by atoms with E-state index in [4.69, 9.17) is 5.73 Å². The van der Waals surface area contributed by atoms with E-state index < -0.39 is 0 Å². The standard InChI is InChI=1S/C16H26BrN3/c1-2-8-19-10-12-20(13-11-19)9-7-16(18)14-3-5-15(17)6-4-14/h3-6,16H,2,7-13,18H2,1H3. The van der Waals surface area contributed by atoms with Crippen molar-refractivity contribution in [2.75, 3.05) is 39.3 Å². The van der Waals surface area contributed by atoms with E-state index in [2.05, 4.69) is 56.9 Å². The van der Waals surface area contributed by atoms with Crippen molar-refractivity contribution in [3.8, 4) is 0 Å². The van der Waals surface area contributed by atoms with Gasteiger partial charge in [0.1, 0.15) is 0 Å². The van der Waals surface area contributed by atoms with Gasteiger partial charge in [0.25, 0.3) is 0 Å². The Morgan fingerprint density at radius 2 is 1.60 bits per heavy atom. The molecule has 0 amide bonds. The van der Waals surface area contributed by atoms with Gasteiger partial charge in [0.2, 0.25) is 0 Å². The van der Waals surface area contributed by atoms with Crippen LogP contribution >= 0.6 is 15.9 Å². The first-order chi connectivity index (χ1) is 9.69. The van der Waals surface area contributed by atoms with Crippen LogP contribution in [0.3, 0.4) is 0 Å². The average molecular weight is 340 g/mol. The fourth-order valence-corrected chi connectivity index (χ4v) is 3.02. The minimum Gasteiger partial charge on any atom is -0.324 e. The highest BCUT2D eigenvalue weighted by atomic mass is 79.9. The SMILES string of the molecule is CCCN1CCN(CCC(N)c2ccc(Br)cc2)CC1. The van der Waals surface area contributed by atoms with Crippen LogP contribution < -0.4 is 5.73 Å². The van der Waals surface area contributed by atoms with Crippen molar-refractivity contribution in [3.63, 3.8) is 0 Å². The first kappa shape index (κ1) is 16.0. The lowest BCUT2D eigenvalue weighted by Crippen LogP contribution is -2.47. The van der Waals surface area contributed by atoms with E-state index in [9.17, 15) is 0 Å². The van der Waals surface area contributed by atoms with Crippen molar-refractivity contribution in [1.82, 2.24) is 9.80 Å². The van der Waals surface area contributed by atoms with Crippen molar-refractivity contribution in [2.45, 2.75) is 25.8 Å². The van der Waals surface area contributed by atoms with Gasteiger partial charge in [-0.25, -0.2) is 0 Å². The smallest absolute Gasteiger partial charge is 0.0307 e. The molecule has 1 aromatic carbocycles. The molecule has 1 unspecified atom stereocenters. The zero-order valence-electron chi connectivity index (χ0n) is 12.4. The van der Waals surface area contributed by atoms with E-state index in [0.717, 1.165) is 17.4 Å². The minimum absolute atomic E-state index is 0.150. The molecule has 1 aliphatic heterocycles. The Bertz CT molecular complexity index is 385. The van der Waals surface area contributed by atoms with E-state index >= 15 is 0 Å². The Balaban J connectivity index is 1.71. The van der Waals surface area contributed by atoms with Crippen LogP contribution in [0.15, 0.2) is 28.7 Å². The molecule has 0 aliphatic carbocycles. The zero-order valence-corrected chi connectivity index (χ0v) is 14.0. The zero-order chi connectivity index (χ0) is 14.4. The summed E-state index contributed by atoms with van der Waals surface area (Å²) < 4.78 is 1.11. The molecule has 1 atom stereocenters. The number of benzene rings is 1. The third-order valence-corrected chi connectivity index (χ3v) is 4.59. The lowest BCUT2D eigenvalue weighted by molar-refractivity contribution is 0.130. The molecular weight excluding hydrogens is 314 g/mol. The molecule has 2 rings (SSSR count). The van der Waals surface area contributed by atoms with Crippen LogP contribution in [0.2, 0.25) is 0 Å². The van der Waals surface area contributed by atoms with Crippen molar-refractivity contribution in [2.24, 2.45) is 5.73 Å². The molecule has 1 aromatic rings. The summed E-state index contributed by atoms with van der Waals surface area (Å²) in [6, 6.07) is 8.52. The third kappa shape index (κ3) is 4.85. The second kappa shape index (κ2) is 8.13. The Hall–Kier alpha value is -0.420. The van der Waals surface area contributed by atoms with Crippen LogP contribution in [0, 0.1) is 0 Å². The number of hydrogen-bond donors (Lipinski definition) is 1. The van der Waals surface area contributed by atoms with Crippen LogP contribution in [-0.2, 0) is 0 Å². The third-order valence-electron chi connectivity index (χ3n) is 4.06. The quantitative estimate of drug-likeness (QED) is 0.864. The van der Waals surface area contributed by atoms with Gasteiger partial charge in [-0.15, -0.1) is 0 Å². The molecule has 0 saturated carbocycles. The molecule has 0 radical (unpaired) electrons. The van der Waals surface area contributed by atoms with Gasteiger partial charge >= 0.3 is 0 Å². The monoisotopic (exact) mass is 339 g/mol. The summed E-state index contributed by atoms with van der Waals surface area (Å²) >= 11 is 3.46. The van der Waals surface area contributed by atoms with Gasteiger partial charge < -0.3 is 15.5 Å². The van der Waals surface area contributed by atoms with Crippen molar-refractivity contribution >= 4 is 15.9 Å². The molecule has 1 heterocycles. The summed E-state index contributed by atoms with van der Waals surface area (Å²) in [5.41, 5.74) is 7.52. The fraction of sp³-hybridized carbons (Fsp3) is 0.625. The van der Waals surface area contributed by atoms with Crippen LogP contribution in [0.1, 0.15) is 31.4 Å². The van der Waals surface area contributed by atoms with Gasteiger partial charge in [-0.3, -0.25) is 0 Å². The van der Waals surface area contributed by atoms with Gasteiger partial charge in [0.15, 0.2) is 0 Å². The van der Waals surface area contributed by atoms with Gasteiger partial charge in [-0.2, -0.15) is 0 Å². The lowest BCUT2D eigenvalue weighted by Gasteiger charge is -2.35. The largest absolute Gasteiger partial charge is 0.324 e. The number of piperazine rings is 1. The first-order valence-corrected chi connectivity index (χ1v) is 8.44. The first-order valence-electron chi connectivity index (χ1n) is 7.65. The highest BCUT2D eigenvalue weighted by molar-refractivity contribution is 9.10. The summed E-state index contributed by atoms with van der Waals surface area (Å²) in [7, 11) is 0. The van der Waals surface area contributed by atoms with Gasteiger partial charge in [-0.05, 0) is 37.1 Å². The van der Waals surface area contributed by atoms with E-state index in [1.54, 1.807) is 0 Å². The number of hydrogen-bond acceptors (Lipinski definition) is 3. The molecule has 112 valence electrons. The maximum absolute atomic E-state index is 6.28. The predicted molar refractivity (Wildman–Crippen MR) is 88.9 cm³/mol. The number of rotatable bonds is 6. The Labute approximate surface area is 131 Å². The van der Waals surface area contributed by atoms with E-state index in [1.165, 1.54) is 44.7 Å². The average Bonchev–Trinajstić information content (AvgIpc) is 2.47. The number of nitrogens with two attached hydrogens (primary N) is 1. The van der Waals surface area contributed by atoms with Gasteiger partial charge in [0.05, 0.1) is 0 Å². The van der Waals surface area contributed by atoms with Crippen LogP contribution in [-0.4, -0.2) is 49.1 Å². The lowest BCUT2D eigenvalue weighted by atomic mass is 10.0. The second-order valence-corrected chi connectivity index (χ2v) is 6.55. The summed E-state index contributed by atoms with van der Waals surface area (Å²) in [4.78, 5) is 5.11. The Morgan fingerprint density at radius 1 is 1.05 bits per heavy atom. The normalized spacial score (nSPS) is 19.1. The predicted octanol–water partition coefficient (Wildman–Crippen LogP) is 2.87. The van der Waals surface area contributed by atoms with E-state index in [1.807, 2.05) is 0 Å². The van der Waals surface area contributed by atoms with Crippen molar-refractivity contribution in [3.05, 3.63) is 34.3 Å². The molecular formula is C16H26BrN3. The summed E-state index contributed by atoms with van der Waals surface area (Å²) in [6.07, 6.45) is 2.30. The molecule has 1 fully saturated rings. The molecule has 0 aromatic heterocycles. The molecule has 0 spiro atoms. The number of halogens is 1. The molecule has 1 aliphatic rings. The highest BCUT2D eigenvalue weighted by Gasteiger charge is 2.16. The maximum atomic E-state index is 6.28. The molecule has 2 N–H and O–H groups in total.